The van der Waals surface area contributed by atoms with Crippen LogP contribution >= 0.6 is 12.4 Å². The lowest BCUT2D eigenvalue weighted by Crippen LogP contribution is -2.53. The Morgan fingerprint density at radius 1 is 1.46 bits per heavy atom. The van der Waals surface area contributed by atoms with Crippen LogP contribution in [0.5, 0.6) is 0 Å². The zero-order valence-corrected chi connectivity index (χ0v) is 8.91. The van der Waals surface area contributed by atoms with Gasteiger partial charge in [0.15, 0.2) is 0 Å². The van der Waals surface area contributed by atoms with Crippen LogP contribution in [0.15, 0.2) is 0 Å². The highest BCUT2D eigenvalue weighted by molar-refractivity contribution is 5.85. The number of piperidine rings is 1. The molecule has 0 spiro atoms. The van der Waals surface area contributed by atoms with Gasteiger partial charge in [-0.2, -0.15) is 0 Å². The Morgan fingerprint density at radius 3 is 2.77 bits per heavy atom. The van der Waals surface area contributed by atoms with Gasteiger partial charge in [0, 0.05) is 13.1 Å². The number of carbonyl (C=O) groups is 1. The molecule has 3 atom stereocenters. The summed E-state index contributed by atoms with van der Waals surface area (Å²) in [7, 11) is 0. The first-order chi connectivity index (χ1) is 5.64. The van der Waals surface area contributed by atoms with Gasteiger partial charge in [0.2, 0.25) is 5.91 Å². The molecule has 3 nitrogen and oxygen atoms in total. The third-order valence-electron chi connectivity index (χ3n) is 3.47. The molecule has 2 heterocycles. The second-order valence-corrected chi connectivity index (χ2v) is 4.34. The van der Waals surface area contributed by atoms with E-state index in [4.69, 9.17) is 0 Å². The molecule has 0 aromatic rings. The van der Waals surface area contributed by atoms with E-state index in [2.05, 4.69) is 24.5 Å². The van der Waals surface area contributed by atoms with Gasteiger partial charge in [0.05, 0.1) is 5.41 Å². The molecule has 0 radical (unpaired) electrons. The van der Waals surface area contributed by atoms with E-state index in [1.165, 1.54) is 0 Å². The van der Waals surface area contributed by atoms with E-state index < -0.39 is 0 Å². The van der Waals surface area contributed by atoms with E-state index in [0.717, 1.165) is 19.6 Å². The molecule has 1 amide bonds. The van der Waals surface area contributed by atoms with Gasteiger partial charge in [-0.15, -0.1) is 12.4 Å². The topological polar surface area (TPSA) is 41.1 Å². The minimum Gasteiger partial charge on any atom is -0.355 e. The molecule has 4 heteroatoms. The fourth-order valence-corrected chi connectivity index (χ4v) is 2.52. The largest absolute Gasteiger partial charge is 0.355 e. The van der Waals surface area contributed by atoms with Crippen LogP contribution in [-0.4, -0.2) is 25.5 Å². The van der Waals surface area contributed by atoms with E-state index in [1.54, 1.807) is 0 Å². The highest BCUT2D eigenvalue weighted by Crippen LogP contribution is 2.38. The number of fused-ring (bicyclic) bond motifs is 1. The van der Waals surface area contributed by atoms with Crippen LogP contribution < -0.4 is 10.6 Å². The van der Waals surface area contributed by atoms with Gasteiger partial charge in [-0.25, -0.2) is 0 Å². The molecule has 13 heavy (non-hydrogen) atoms. The average molecular weight is 205 g/mol. The molecular weight excluding hydrogens is 188 g/mol. The van der Waals surface area contributed by atoms with Crippen molar-refractivity contribution in [1.29, 1.82) is 0 Å². The fraction of sp³-hybridized carbons (Fsp3) is 0.889. The molecule has 0 aromatic heterocycles. The van der Waals surface area contributed by atoms with Crippen LogP contribution in [0.25, 0.3) is 0 Å². The molecule has 76 valence electrons. The molecule has 2 aliphatic heterocycles. The Kier molecular flexibility index (Phi) is 2.88. The van der Waals surface area contributed by atoms with Gasteiger partial charge in [-0.3, -0.25) is 4.79 Å². The maximum absolute atomic E-state index is 11.6. The highest BCUT2D eigenvalue weighted by Gasteiger charge is 2.49. The van der Waals surface area contributed by atoms with Gasteiger partial charge in [-0.1, -0.05) is 6.92 Å². The number of rotatable bonds is 0. The summed E-state index contributed by atoms with van der Waals surface area (Å²) >= 11 is 0. The number of hydrogen-bond donors (Lipinski definition) is 2. The second-order valence-electron chi connectivity index (χ2n) is 4.34. The predicted molar refractivity (Wildman–Crippen MR) is 53.9 cm³/mol. The number of hydrogen-bond acceptors (Lipinski definition) is 2. The van der Waals surface area contributed by atoms with Crippen molar-refractivity contribution in [2.24, 2.45) is 17.3 Å². The van der Waals surface area contributed by atoms with Crippen LogP contribution in [0.4, 0.5) is 0 Å². The zero-order chi connectivity index (χ0) is 8.77. The second kappa shape index (κ2) is 3.46. The van der Waals surface area contributed by atoms with Crippen molar-refractivity contribution < 1.29 is 4.79 Å². The molecule has 0 aromatic carbocycles. The smallest absolute Gasteiger partial charge is 0.227 e. The van der Waals surface area contributed by atoms with Crippen LogP contribution in [0, 0.1) is 17.3 Å². The van der Waals surface area contributed by atoms with Crippen molar-refractivity contribution in [3.8, 4) is 0 Å². The maximum atomic E-state index is 11.6. The number of carbonyl (C=O) groups excluding carboxylic acids is 1. The Bertz CT molecular complexity index is 222. The van der Waals surface area contributed by atoms with Crippen molar-refractivity contribution in [3.63, 3.8) is 0 Å². The molecule has 2 fully saturated rings. The summed E-state index contributed by atoms with van der Waals surface area (Å²) in [5, 5.41) is 6.27. The van der Waals surface area contributed by atoms with Crippen molar-refractivity contribution >= 4 is 18.3 Å². The minimum absolute atomic E-state index is 0. The quantitative estimate of drug-likeness (QED) is 0.600. The number of nitrogens with one attached hydrogen (secondary N) is 2. The predicted octanol–water partition coefficient (Wildman–Crippen LogP) is 0.400. The maximum Gasteiger partial charge on any atom is 0.227 e. The zero-order valence-electron chi connectivity index (χ0n) is 8.09. The molecule has 2 rings (SSSR count). The molecule has 0 saturated carbocycles. The third kappa shape index (κ3) is 1.44. The van der Waals surface area contributed by atoms with E-state index in [9.17, 15) is 4.79 Å². The Balaban J connectivity index is 0.000000845. The molecular formula is C9H17ClN2O. The molecule has 1 unspecified atom stereocenters. The Labute approximate surface area is 85.1 Å². The monoisotopic (exact) mass is 204 g/mol. The first kappa shape index (κ1) is 10.8. The van der Waals surface area contributed by atoms with E-state index in [1.807, 2.05) is 0 Å². The SMILES string of the molecule is CC1CNC(=O)[C@@]2(C)CNC[C@@H]12.Cl. The van der Waals surface area contributed by atoms with E-state index in [-0.39, 0.29) is 23.7 Å². The van der Waals surface area contributed by atoms with Gasteiger partial charge in [0.1, 0.15) is 0 Å². The van der Waals surface area contributed by atoms with Crippen molar-refractivity contribution in [1.82, 2.24) is 10.6 Å². The summed E-state index contributed by atoms with van der Waals surface area (Å²) in [6.07, 6.45) is 0. The first-order valence-corrected chi connectivity index (χ1v) is 4.63. The fourth-order valence-electron chi connectivity index (χ4n) is 2.52. The first-order valence-electron chi connectivity index (χ1n) is 4.63. The minimum atomic E-state index is -0.141. The van der Waals surface area contributed by atoms with Gasteiger partial charge in [0.25, 0.3) is 0 Å². The van der Waals surface area contributed by atoms with Crippen LogP contribution in [0.3, 0.4) is 0 Å². The molecule has 0 aliphatic carbocycles. The van der Waals surface area contributed by atoms with Gasteiger partial charge in [-0.05, 0) is 25.3 Å². The van der Waals surface area contributed by atoms with Crippen molar-refractivity contribution in [2.45, 2.75) is 13.8 Å². The van der Waals surface area contributed by atoms with Gasteiger partial charge < -0.3 is 10.6 Å². The number of halogens is 1. The lowest BCUT2D eigenvalue weighted by atomic mass is 9.70. The summed E-state index contributed by atoms with van der Waals surface area (Å²) in [5.74, 6) is 1.38. The number of amides is 1. The summed E-state index contributed by atoms with van der Waals surface area (Å²) in [5.41, 5.74) is -0.141. The average Bonchev–Trinajstić information content (AvgIpc) is 2.42. The summed E-state index contributed by atoms with van der Waals surface area (Å²) < 4.78 is 0. The molecule has 0 bridgehead atoms. The lowest BCUT2D eigenvalue weighted by Gasteiger charge is -2.38. The highest BCUT2D eigenvalue weighted by atomic mass is 35.5. The normalized spacial score (nSPS) is 43.4. The summed E-state index contributed by atoms with van der Waals surface area (Å²) in [6, 6.07) is 0. The standard InChI is InChI=1S/C9H16N2O.ClH/c1-6-3-11-8(12)9(2)5-10-4-7(6)9;/h6-7,10H,3-5H2,1-2H3,(H,11,12);1H/t6?,7-,9-;/m0./s1. The summed E-state index contributed by atoms with van der Waals surface area (Å²) in [6.45, 7) is 6.98. The molecule has 2 saturated heterocycles. The Morgan fingerprint density at radius 2 is 2.15 bits per heavy atom. The van der Waals surface area contributed by atoms with Crippen molar-refractivity contribution in [3.05, 3.63) is 0 Å². The third-order valence-corrected chi connectivity index (χ3v) is 3.47. The Hall–Kier alpha value is -0.280. The molecule has 2 aliphatic rings. The van der Waals surface area contributed by atoms with Crippen LogP contribution in [0.2, 0.25) is 0 Å². The summed E-state index contributed by atoms with van der Waals surface area (Å²) in [4.78, 5) is 11.6. The van der Waals surface area contributed by atoms with E-state index >= 15 is 0 Å². The van der Waals surface area contributed by atoms with Crippen LogP contribution in [-0.2, 0) is 4.79 Å². The van der Waals surface area contributed by atoms with E-state index in [0.29, 0.717) is 11.8 Å². The lowest BCUT2D eigenvalue weighted by molar-refractivity contribution is -0.135. The van der Waals surface area contributed by atoms with Crippen LogP contribution in [0.1, 0.15) is 13.8 Å². The molecule has 2 N–H and O–H groups in total. The van der Waals surface area contributed by atoms with Crippen molar-refractivity contribution in [2.75, 3.05) is 19.6 Å². The van der Waals surface area contributed by atoms with Gasteiger partial charge >= 0.3 is 0 Å².